The summed E-state index contributed by atoms with van der Waals surface area (Å²) in [4.78, 5) is 38.4. The molecule has 0 radical (unpaired) electrons. The van der Waals surface area contributed by atoms with Gasteiger partial charge in [0, 0.05) is 13.1 Å². The van der Waals surface area contributed by atoms with Gasteiger partial charge in [0.15, 0.2) is 5.76 Å². The summed E-state index contributed by atoms with van der Waals surface area (Å²) in [5, 5.41) is 0. The predicted octanol–water partition coefficient (Wildman–Crippen LogP) is 1.53. The van der Waals surface area contributed by atoms with Crippen LogP contribution in [0.5, 0.6) is 5.75 Å². The maximum Gasteiger partial charge on any atom is 0.289 e. The molecule has 1 aliphatic heterocycles. The van der Waals surface area contributed by atoms with Crippen LogP contribution >= 0.6 is 0 Å². The zero-order chi connectivity index (χ0) is 19.9. The zero-order valence-corrected chi connectivity index (χ0v) is 15.6. The molecule has 148 valence electrons. The van der Waals surface area contributed by atoms with Crippen molar-refractivity contribution < 1.29 is 23.5 Å². The summed E-state index contributed by atoms with van der Waals surface area (Å²) >= 11 is 0. The Balaban J connectivity index is 1.47. The quantitative estimate of drug-likeness (QED) is 0.760. The number of benzene rings is 1. The molecule has 1 aromatic heterocycles. The first kappa shape index (κ1) is 19.5. The predicted molar refractivity (Wildman–Crippen MR) is 100 cm³/mol. The number of ether oxygens (including phenoxy) is 1. The average Bonchev–Trinajstić information content (AvgIpc) is 3.27. The normalized spacial score (nSPS) is 16.3. The Morgan fingerprint density at radius 1 is 1.18 bits per heavy atom. The van der Waals surface area contributed by atoms with Crippen LogP contribution in [0.4, 0.5) is 0 Å². The summed E-state index contributed by atoms with van der Waals surface area (Å²) in [6.07, 6.45) is 2.95. The van der Waals surface area contributed by atoms with Crippen LogP contribution in [-0.2, 0) is 16.0 Å². The van der Waals surface area contributed by atoms with Crippen LogP contribution in [-0.4, -0.2) is 42.8 Å². The van der Waals surface area contributed by atoms with Gasteiger partial charge < -0.3 is 14.1 Å². The van der Waals surface area contributed by atoms with Crippen LogP contribution in [0.15, 0.2) is 47.1 Å². The fraction of sp³-hybridized carbons (Fsp3) is 0.350. The molecule has 3 amide bonds. The molecule has 3 rings (SSSR count). The number of rotatable bonds is 5. The van der Waals surface area contributed by atoms with Crippen LogP contribution in [0.3, 0.4) is 0 Å². The van der Waals surface area contributed by atoms with E-state index in [1.807, 2.05) is 0 Å². The molecule has 2 heterocycles. The summed E-state index contributed by atoms with van der Waals surface area (Å²) < 4.78 is 10.2. The van der Waals surface area contributed by atoms with E-state index in [1.165, 1.54) is 6.26 Å². The maximum atomic E-state index is 12.4. The van der Waals surface area contributed by atoms with Crippen LogP contribution < -0.4 is 15.6 Å². The lowest BCUT2D eigenvalue weighted by Gasteiger charge is -2.31. The Bertz CT molecular complexity index is 817. The van der Waals surface area contributed by atoms with Gasteiger partial charge >= 0.3 is 0 Å². The second kappa shape index (κ2) is 9.07. The first-order valence-corrected chi connectivity index (χ1v) is 9.11. The molecule has 1 aliphatic rings. The largest absolute Gasteiger partial charge is 0.497 e. The van der Waals surface area contributed by atoms with Gasteiger partial charge in [-0.3, -0.25) is 25.2 Å². The number of hydrazine groups is 1. The number of likely N-dealkylation sites (tertiary alicyclic amines) is 1. The molecule has 2 N–H and O–H groups in total. The highest BCUT2D eigenvalue weighted by Gasteiger charge is 2.30. The minimum Gasteiger partial charge on any atom is -0.497 e. The van der Waals surface area contributed by atoms with Crippen LogP contribution in [0, 0.1) is 5.92 Å². The van der Waals surface area contributed by atoms with Gasteiger partial charge in [-0.15, -0.1) is 0 Å². The van der Waals surface area contributed by atoms with Crippen molar-refractivity contribution in [3.8, 4) is 5.75 Å². The SMILES string of the molecule is COc1ccc(CC(=O)NNC(=O)[C@@H]2CCCN(C(=O)c3ccco3)C2)cc1. The number of piperidine rings is 1. The Hall–Kier alpha value is -3.29. The summed E-state index contributed by atoms with van der Waals surface area (Å²) in [5.74, 6) is -0.268. The van der Waals surface area contributed by atoms with Crippen molar-refractivity contribution in [1.82, 2.24) is 15.8 Å². The van der Waals surface area contributed by atoms with E-state index in [0.717, 1.165) is 5.56 Å². The lowest BCUT2D eigenvalue weighted by atomic mass is 9.97. The fourth-order valence-corrected chi connectivity index (χ4v) is 3.14. The fourth-order valence-electron chi connectivity index (χ4n) is 3.14. The highest BCUT2D eigenvalue weighted by molar-refractivity contribution is 5.92. The average molecular weight is 385 g/mol. The number of hydrogen-bond acceptors (Lipinski definition) is 5. The molecule has 0 bridgehead atoms. The van der Waals surface area contributed by atoms with E-state index in [4.69, 9.17) is 9.15 Å². The molecule has 1 aromatic carbocycles. The van der Waals surface area contributed by atoms with Crippen LogP contribution in [0.1, 0.15) is 29.0 Å². The summed E-state index contributed by atoms with van der Waals surface area (Å²) in [6, 6.07) is 10.4. The molecule has 2 aromatic rings. The Labute approximate surface area is 162 Å². The maximum absolute atomic E-state index is 12.4. The second-order valence-corrected chi connectivity index (χ2v) is 6.63. The van der Waals surface area contributed by atoms with Crippen LogP contribution in [0.2, 0.25) is 0 Å². The molecule has 0 saturated carbocycles. The van der Waals surface area contributed by atoms with Crippen molar-refractivity contribution in [2.45, 2.75) is 19.3 Å². The number of furan rings is 1. The Morgan fingerprint density at radius 3 is 2.64 bits per heavy atom. The zero-order valence-electron chi connectivity index (χ0n) is 15.6. The van der Waals surface area contributed by atoms with Gasteiger partial charge in [-0.05, 0) is 42.7 Å². The number of nitrogens with one attached hydrogen (secondary N) is 2. The molecule has 1 atom stereocenters. The van der Waals surface area contributed by atoms with E-state index in [-0.39, 0.29) is 35.8 Å². The molecule has 0 spiro atoms. The monoisotopic (exact) mass is 385 g/mol. The first-order chi connectivity index (χ1) is 13.6. The second-order valence-electron chi connectivity index (χ2n) is 6.63. The molecule has 1 saturated heterocycles. The Morgan fingerprint density at radius 2 is 1.96 bits per heavy atom. The molecule has 8 nitrogen and oxygen atoms in total. The topological polar surface area (TPSA) is 101 Å². The highest BCUT2D eigenvalue weighted by atomic mass is 16.5. The summed E-state index contributed by atoms with van der Waals surface area (Å²) in [5.41, 5.74) is 5.71. The summed E-state index contributed by atoms with van der Waals surface area (Å²) in [6.45, 7) is 0.868. The first-order valence-electron chi connectivity index (χ1n) is 9.11. The third kappa shape index (κ3) is 4.91. The summed E-state index contributed by atoms with van der Waals surface area (Å²) in [7, 11) is 1.58. The van der Waals surface area contributed by atoms with Crippen molar-refractivity contribution in [2.75, 3.05) is 20.2 Å². The third-order valence-corrected chi connectivity index (χ3v) is 4.66. The molecule has 0 unspecified atom stereocenters. The van der Waals surface area contributed by atoms with Gasteiger partial charge in [-0.2, -0.15) is 0 Å². The van der Waals surface area contributed by atoms with E-state index in [9.17, 15) is 14.4 Å². The number of hydrogen-bond donors (Lipinski definition) is 2. The van der Waals surface area contributed by atoms with E-state index in [1.54, 1.807) is 48.4 Å². The molecular weight excluding hydrogens is 362 g/mol. The smallest absolute Gasteiger partial charge is 0.289 e. The highest BCUT2D eigenvalue weighted by Crippen LogP contribution is 2.19. The number of carbonyl (C=O) groups excluding carboxylic acids is 3. The molecule has 28 heavy (non-hydrogen) atoms. The van der Waals surface area contributed by atoms with E-state index >= 15 is 0 Å². The number of carbonyl (C=O) groups is 3. The van der Waals surface area contributed by atoms with E-state index < -0.39 is 0 Å². The lowest BCUT2D eigenvalue weighted by Crippen LogP contribution is -2.50. The van der Waals surface area contributed by atoms with Gasteiger partial charge in [0.1, 0.15) is 5.75 Å². The molecule has 8 heteroatoms. The van der Waals surface area contributed by atoms with Crippen molar-refractivity contribution in [3.63, 3.8) is 0 Å². The number of amides is 3. The van der Waals surface area contributed by atoms with Gasteiger partial charge in [0.25, 0.3) is 5.91 Å². The van der Waals surface area contributed by atoms with E-state index in [2.05, 4.69) is 10.9 Å². The van der Waals surface area contributed by atoms with E-state index in [0.29, 0.717) is 31.7 Å². The number of nitrogens with zero attached hydrogens (tertiary/aromatic N) is 1. The number of methoxy groups -OCH3 is 1. The van der Waals surface area contributed by atoms with Gasteiger partial charge in [0.05, 0.1) is 25.7 Å². The lowest BCUT2D eigenvalue weighted by molar-refractivity contribution is -0.131. The van der Waals surface area contributed by atoms with Crippen molar-refractivity contribution in [1.29, 1.82) is 0 Å². The van der Waals surface area contributed by atoms with Gasteiger partial charge in [-0.1, -0.05) is 12.1 Å². The molecule has 0 aliphatic carbocycles. The standard InChI is InChI=1S/C20H23N3O5/c1-27-16-8-6-14(7-9-16)12-18(24)21-22-19(25)15-4-2-10-23(13-15)20(26)17-5-3-11-28-17/h3,5-9,11,15H,2,4,10,12-13H2,1H3,(H,21,24)(H,22,25)/t15-/m1/s1. The van der Waals surface area contributed by atoms with Gasteiger partial charge in [0.2, 0.25) is 11.8 Å². The molecule has 1 fully saturated rings. The molecular formula is C20H23N3O5. The van der Waals surface area contributed by atoms with Crippen molar-refractivity contribution >= 4 is 17.7 Å². The van der Waals surface area contributed by atoms with Crippen molar-refractivity contribution in [3.05, 3.63) is 54.0 Å². The third-order valence-electron chi connectivity index (χ3n) is 4.66. The van der Waals surface area contributed by atoms with Crippen molar-refractivity contribution in [2.24, 2.45) is 5.92 Å². The minimum absolute atomic E-state index is 0.137. The van der Waals surface area contributed by atoms with Gasteiger partial charge in [-0.25, -0.2) is 0 Å². The minimum atomic E-state index is -0.381. The van der Waals surface area contributed by atoms with Crippen LogP contribution in [0.25, 0.3) is 0 Å². The Kier molecular flexibility index (Phi) is 6.31.